The van der Waals surface area contributed by atoms with Crippen LogP contribution in [0.5, 0.6) is 11.5 Å². The monoisotopic (exact) mass is 242 g/mol. The van der Waals surface area contributed by atoms with Gasteiger partial charge in [0.1, 0.15) is 11.5 Å². The summed E-state index contributed by atoms with van der Waals surface area (Å²) >= 11 is 0. The van der Waals surface area contributed by atoms with Crippen molar-refractivity contribution < 1.29 is 10.2 Å². The standard InChI is InChI=1S/C16H18O2/c1-16(2,13-4-3-5-15(18)10-13)11-12-6-8-14(17)9-7-12/h3-10,17-18H,11H2,1-2H3. The predicted octanol–water partition coefficient (Wildman–Crippen LogP) is 3.62. The molecule has 2 N–H and O–H groups in total. The van der Waals surface area contributed by atoms with E-state index in [0.717, 1.165) is 12.0 Å². The van der Waals surface area contributed by atoms with E-state index in [2.05, 4.69) is 13.8 Å². The van der Waals surface area contributed by atoms with Gasteiger partial charge in [0.15, 0.2) is 0 Å². The van der Waals surface area contributed by atoms with Gasteiger partial charge < -0.3 is 10.2 Å². The highest BCUT2D eigenvalue weighted by atomic mass is 16.3. The Bertz CT molecular complexity index is 527. The Balaban J connectivity index is 2.23. The zero-order chi connectivity index (χ0) is 13.2. The lowest BCUT2D eigenvalue weighted by molar-refractivity contribution is 0.466. The summed E-state index contributed by atoms with van der Waals surface area (Å²) in [5, 5.41) is 18.8. The van der Waals surface area contributed by atoms with Crippen LogP contribution in [0.1, 0.15) is 25.0 Å². The minimum atomic E-state index is -0.0598. The first kappa shape index (κ1) is 12.5. The molecule has 0 amide bonds. The Kier molecular flexibility index (Phi) is 3.28. The van der Waals surface area contributed by atoms with Crippen molar-refractivity contribution in [3.63, 3.8) is 0 Å². The highest BCUT2D eigenvalue weighted by Crippen LogP contribution is 2.30. The predicted molar refractivity (Wildman–Crippen MR) is 72.9 cm³/mol. The van der Waals surface area contributed by atoms with E-state index in [1.54, 1.807) is 24.3 Å². The lowest BCUT2D eigenvalue weighted by Crippen LogP contribution is -2.20. The van der Waals surface area contributed by atoms with E-state index in [0.29, 0.717) is 5.75 Å². The van der Waals surface area contributed by atoms with Crippen LogP contribution >= 0.6 is 0 Å². The van der Waals surface area contributed by atoms with Gasteiger partial charge in [-0.2, -0.15) is 0 Å². The minimum Gasteiger partial charge on any atom is -0.508 e. The third-order valence-electron chi connectivity index (χ3n) is 3.21. The Morgan fingerprint density at radius 2 is 1.56 bits per heavy atom. The molecular weight excluding hydrogens is 224 g/mol. The molecule has 0 aromatic heterocycles. The molecule has 94 valence electrons. The molecule has 0 aliphatic rings. The molecule has 0 spiro atoms. The number of phenolic OH excluding ortho intramolecular Hbond substituents is 2. The molecule has 0 unspecified atom stereocenters. The molecule has 2 aromatic carbocycles. The van der Waals surface area contributed by atoms with Gasteiger partial charge in [-0.1, -0.05) is 38.1 Å². The molecule has 18 heavy (non-hydrogen) atoms. The molecule has 0 aliphatic heterocycles. The second-order valence-corrected chi connectivity index (χ2v) is 5.28. The summed E-state index contributed by atoms with van der Waals surface area (Å²) in [7, 11) is 0. The number of rotatable bonds is 3. The van der Waals surface area contributed by atoms with Gasteiger partial charge in [0, 0.05) is 0 Å². The van der Waals surface area contributed by atoms with Gasteiger partial charge >= 0.3 is 0 Å². The summed E-state index contributed by atoms with van der Waals surface area (Å²) < 4.78 is 0. The topological polar surface area (TPSA) is 40.5 Å². The van der Waals surface area contributed by atoms with Crippen LogP contribution in [0.15, 0.2) is 48.5 Å². The number of benzene rings is 2. The van der Waals surface area contributed by atoms with E-state index >= 15 is 0 Å². The molecule has 0 atom stereocenters. The van der Waals surface area contributed by atoms with Crippen LogP contribution in [0.25, 0.3) is 0 Å². The fourth-order valence-electron chi connectivity index (χ4n) is 2.15. The summed E-state index contributed by atoms with van der Waals surface area (Å²) in [6.45, 7) is 4.29. The van der Waals surface area contributed by atoms with E-state index in [-0.39, 0.29) is 11.2 Å². The number of hydrogen-bond acceptors (Lipinski definition) is 2. The van der Waals surface area contributed by atoms with Crippen molar-refractivity contribution in [2.24, 2.45) is 0 Å². The number of aromatic hydroxyl groups is 2. The Labute approximate surface area is 108 Å². The normalized spacial score (nSPS) is 11.4. The number of phenols is 2. The maximum absolute atomic E-state index is 9.55. The molecule has 0 saturated carbocycles. The molecule has 2 rings (SSSR count). The van der Waals surface area contributed by atoms with Crippen LogP contribution in [0.2, 0.25) is 0 Å². The van der Waals surface area contributed by atoms with Crippen LogP contribution in [-0.4, -0.2) is 10.2 Å². The zero-order valence-electron chi connectivity index (χ0n) is 10.7. The van der Waals surface area contributed by atoms with Gasteiger partial charge in [0.25, 0.3) is 0 Å². The van der Waals surface area contributed by atoms with E-state index in [1.165, 1.54) is 5.56 Å². The molecule has 0 heterocycles. The molecule has 0 saturated heterocycles. The SMILES string of the molecule is CC(C)(Cc1ccc(O)cc1)c1cccc(O)c1. The highest BCUT2D eigenvalue weighted by Gasteiger charge is 2.21. The molecule has 0 fully saturated rings. The van der Waals surface area contributed by atoms with Crippen molar-refractivity contribution in [2.75, 3.05) is 0 Å². The van der Waals surface area contributed by atoms with Crippen molar-refractivity contribution in [3.05, 3.63) is 59.7 Å². The molecule has 0 aliphatic carbocycles. The van der Waals surface area contributed by atoms with Crippen LogP contribution < -0.4 is 0 Å². The van der Waals surface area contributed by atoms with Gasteiger partial charge in [-0.15, -0.1) is 0 Å². The van der Waals surface area contributed by atoms with Crippen LogP contribution in [0, 0.1) is 0 Å². The summed E-state index contributed by atoms with van der Waals surface area (Å²) in [4.78, 5) is 0. The van der Waals surface area contributed by atoms with Gasteiger partial charge in [-0.3, -0.25) is 0 Å². The lowest BCUT2D eigenvalue weighted by Gasteiger charge is -2.25. The van der Waals surface area contributed by atoms with Gasteiger partial charge in [0.2, 0.25) is 0 Å². The summed E-state index contributed by atoms with van der Waals surface area (Å²) in [5.41, 5.74) is 2.21. The average Bonchev–Trinajstić information content (AvgIpc) is 2.32. The largest absolute Gasteiger partial charge is 0.508 e. The van der Waals surface area contributed by atoms with Gasteiger partial charge in [-0.05, 0) is 47.2 Å². The molecule has 2 aromatic rings. The first-order valence-corrected chi connectivity index (χ1v) is 6.05. The molecule has 0 bridgehead atoms. The summed E-state index contributed by atoms with van der Waals surface area (Å²) in [5.74, 6) is 0.584. The summed E-state index contributed by atoms with van der Waals surface area (Å²) in [6, 6.07) is 14.6. The Morgan fingerprint density at radius 3 is 2.17 bits per heavy atom. The maximum Gasteiger partial charge on any atom is 0.115 e. The first-order chi connectivity index (χ1) is 8.47. The molecule has 2 nitrogen and oxygen atoms in total. The van der Waals surface area contributed by atoms with Crippen molar-refractivity contribution in [2.45, 2.75) is 25.7 Å². The van der Waals surface area contributed by atoms with Crippen molar-refractivity contribution >= 4 is 0 Å². The summed E-state index contributed by atoms with van der Waals surface area (Å²) in [6.07, 6.45) is 0.858. The van der Waals surface area contributed by atoms with Crippen LogP contribution in [0.4, 0.5) is 0 Å². The molecular formula is C16H18O2. The molecule has 0 radical (unpaired) electrons. The molecule has 2 heteroatoms. The third-order valence-corrected chi connectivity index (χ3v) is 3.21. The quantitative estimate of drug-likeness (QED) is 0.863. The Hall–Kier alpha value is -1.96. The Morgan fingerprint density at radius 1 is 0.889 bits per heavy atom. The second-order valence-electron chi connectivity index (χ2n) is 5.28. The lowest BCUT2D eigenvalue weighted by atomic mass is 9.79. The zero-order valence-corrected chi connectivity index (χ0v) is 10.7. The highest BCUT2D eigenvalue weighted by molar-refractivity contribution is 5.35. The van der Waals surface area contributed by atoms with Crippen LogP contribution in [0.3, 0.4) is 0 Å². The van der Waals surface area contributed by atoms with E-state index in [4.69, 9.17) is 0 Å². The van der Waals surface area contributed by atoms with Crippen molar-refractivity contribution in [1.29, 1.82) is 0 Å². The second kappa shape index (κ2) is 4.73. The number of hydrogen-bond donors (Lipinski definition) is 2. The maximum atomic E-state index is 9.55. The van der Waals surface area contributed by atoms with E-state index in [9.17, 15) is 10.2 Å². The fourth-order valence-corrected chi connectivity index (χ4v) is 2.15. The smallest absolute Gasteiger partial charge is 0.115 e. The third kappa shape index (κ3) is 2.83. The minimum absolute atomic E-state index is 0.0598. The van der Waals surface area contributed by atoms with Crippen molar-refractivity contribution in [1.82, 2.24) is 0 Å². The fraction of sp³-hybridized carbons (Fsp3) is 0.250. The van der Waals surface area contributed by atoms with Crippen LogP contribution in [-0.2, 0) is 11.8 Å². The van der Waals surface area contributed by atoms with Gasteiger partial charge in [0.05, 0.1) is 0 Å². The van der Waals surface area contributed by atoms with E-state index < -0.39 is 0 Å². The van der Waals surface area contributed by atoms with Crippen molar-refractivity contribution in [3.8, 4) is 11.5 Å². The van der Waals surface area contributed by atoms with Gasteiger partial charge in [-0.25, -0.2) is 0 Å². The first-order valence-electron chi connectivity index (χ1n) is 6.05. The average molecular weight is 242 g/mol. The van der Waals surface area contributed by atoms with E-state index in [1.807, 2.05) is 24.3 Å².